The molecule has 0 N–H and O–H groups in total. The summed E-state index contributed by atoms with van der Waals surface area (Å²) < 4.78 is 15.9. The molecule has 0 amide bonds. The zero-order valence-corrected chi connectivity index (χ0v) is 24.2. The van der Waals surface area contributed by atoms with Crippen LogP contribution in [0.5, 0.6) is 11.5 Å². The number of hydrogen-bond donors (Lipinski definition) is 0. The van der Waals surface area contributed by atoms with E-state index >= 15 is 0 Å². The molecule has 3 aromatic carbocycles. The monoisotopic (exact) mass is 620 g/mol. The van der Waals surface area contributed by atoms with Gasteiger partial charge in [0.2, 0.25) is 0 Å². The van der Waals surface area contributed by atoms with Gasteiger partial charge in [-0.15, -0.1) is 24.0 Å². The van der Waals surface area contributed by atoms with Crippen LogP contribution < -0.4 is 9.47 Å². The Kier molecular flexibility index (Phi) is 12.6. The Morgan fingerprint density at radius 1 is 0.833 bits per heavy atom. The lowest BCUT2D eigenvalue weighted by atomic mass is 10.1. The van der Waals surface area contributed by atoms with Gasteiger partial charge in [-0.2, -0.15) is 0 Å². The summed E-state index contributed by atoms with van der Waals surface area (Å²) in [4.78, 5) is 19.7. The minimum atomic E-state index is -0.371. The molecule has 192 valence electrons. The van der Waals surface area contributed by atoms with Crippen LogP contribution in [0.15, 0.2) is 77.8 Å². The van der Waals surface area contributed by atoms with Crippen LogP contribution in [0.2, 0.25) is 0 Å². The lowest BCUT2D eigenvalue weighted by Crippen LogP contribution is -2.28. The molecule has 3 rings (SSSR count). The third-order valence-corrected chi connectivity index (χ3v) is 6.12. The van der Waals surface area contributed by atoms with E-state index in [9.17, 15) is 4.79 Å². The van der Waals surface area contributed by atoms with Gasteiger partial charge in [-0.25, -0.2) is 9.79 Å². The number of aliphatic imine (C=N–C) groups is 1. The number of halogens is 1. The van der Waals surface area contributed by atoms with E-state index in [0.29, 0.717) is 30.9 Å². The van der Waals surface area contributed by atoms with Crippen LogP contribution in [0.25, 0.3) is 0 Å². The Hall–Kier alpha value is -2.72. The van der Waals surface area contributed by atoms with Crippen molar-refractivity contribution in [2.24, 2.45) is 4.99 Å². The number of amidine groups is 1. The SMILES string of the molecule is CCOC(=O)c1ccccc1N=C(SCC)N(Cc1ccc(OC)cc1)Cc1ccc(OC)cc1.I. The maximum atomic E-state index is 12.5. The minimum absolute atomic E-state index is 0. The van der Waals surface area contributed by atoms with Gasteiger partial charge in [0, 0.05) is 13.1 Å². The van der Waals surface area contributed by atoms with E-state index in [2.05, 4.69) is 36.1 Å². The van der Waals surface area contributed by atoms with Crippen LogP contribution >= 0.6 is 35.7 Å². The molecule has 0 heterocycles. The molecule has 0 aliphatic carbocycles. The Morgan fingerprint density at radius 2 is 1.36 bits per heavy atom. The summed E-state index contributed by atoms with van der Waals surface area (Å²) in [5.41, 5.74) is 3.30. The number of rotatable bonds is 10. The molecule has 3 aromatic rings. The molecule has 0 unspecified atom stereocenters. The molecule has 0 radical (unpaired) electrons. The number of hydrogen-bond acceptors (Lipinski definition) is 6. The number of carbonyl (C=O) groups excluding carboxylic acids is 1. The van der Waals surface area contributed by atoms with Crippen molar-refractivity contribution in [3.8, 4) is 11.5 Å². The first-order chi connectivity index (χ1) is 17.1. The van der Waals surface area contributed by atoms with E-state index in [1.54, 1.807) is 39.0 Å². The number of thioether (sulfide) groups is 1. The first kappa shape index (κ1) is 29.5. The van der Waals surface area contributed by atoms with Crippen molar-refractivity contribution in [3.63, 3.8) is 0 Å². The number of esters is 1. The van der Waals surface area contributed by atoms with Gasteiger partial charge >= 0.3 is 5.97 Å². The fourth-order valence-electron chi connectivity index (χ4n) is 3.47. The van der Waals surface area contributed by atoms with Crippen molar-refractivity contribution >= 4 is 52.6 Å². The summed E-state index contributed by atoms with van der Waals surface area (Å²) in [7, 11) is 3.32. The largest absolute Gasteiger partial charge is 0.497 e. The van der Waals surface area contributed by atoms with E-state index in [1.807, 2.05) is 42.5 Å². The maximum Gasteiger partial charge on any atom is 0.340 e. The molecular weight excluding hydrogens is 587 g/mol. The molecule has 0 bridgehead atoms. The fourth-order valence-corrected chi connectivity index (χ4v) is 4.21. The van der Waals surface area contributed by atoms with Gasteiger partial charge in [0.05, 0.1) is 32.1 Å². The van der Waals surface area contributed by atoms with Gasteiger partial charge < -0.3 is 19.1 Å². The van der Waals surface area contributed by atoms with Crippen molar-refractivity contribution < 1.29 is 19.0 Å². The lowest BCUT2D eigenvalue weighted by Gasteiger charge is -2.26. The highest BCUT2D eigenvalue weighted by atomic mass is 127. The van der Waals surface area contributed by atoms with Crippen molar-refractivity contribution in [1.29, 1.82) is 0 Å². The van der Waals surface area contributed by atoms with E-state index in [0.717, 1.165) is 33.5 Å². The highest BCUT2D eigenvalue weighted by Gasteiger charge is 2.17. The van der Waals surface area contributed by atoms with Crippen LogP contribution in [0.1, 0.15) is 35.3 Å². The Balaban J connectivity index is 0.00000456. The van der Waals surface area contributed by atoms with Gasteiger partial charge in [-0.05, 0) is 60.2 Å². The molecular formula is C28H33IN2O4S. The maximum absolute atomic E-state index is 12.5. The Labute approximate surface area is 235 Å². The quantitative estimate of drug-likeness (QED) is 0.106. The number of ether oxygens (including phenoxy) is 3. The van der Waals surface area contributed by atoms with Gasteiger partial charge in [0.1, 0.15) is 11.5 Å². The molecule has 0 aliphatic rings. The number of nitrogens with zero attached hydrogens (tertiary/aromatic N) is 2. The van der Waals surface area contributed by atoms with Crippen molar-refractivity contribution in [3.05, 3.63) is 89.5 Å². The molecule has 36 heavy (non-hydrogen) atoms. The summed E-state index contributed by atoms with van der Waals surface area (Å²) in [6, 6.07) is 23.4. The van der Waals surface area contributed by atoms with E-state index in [4.69, 9.17) is 19.2 Å². The zero-order chi connectivity index (χ0) is 25.0. The number of benzene rings is 3. The average molecular weight is 621 g/mol. The van der Waals surface area contributed by atoms with Crippen molar-refractivity contribution in [2.75, 3.05) is 26.6 Å². The molecule has 0 saturated heterocycles. The second-order valence-corrected chi connectivity index (χ2v) is 8.85. The van der Waals surface area contributed by atoms with Gasteiger partial charge in [0.15, 0.2) is 5.17 Å². The topological polar surface area (TPSA) is 60.4 Å². The third-order valence-electron chi connectivity index (χ3n) is 5.22. The normalized spacial score (nSPS) is 10.8. The van der Waals surface area contributed by atoms with Crippen LogP contribution in [0.3, 0.4) is 0 Å². The summed E-state index contributed by atoms with van der Waals surface area (Å²) in [5.74, 6) is 2.10. The Morgan fingerprint density at radius 3 is 1.83 bits per heavy atom. The van der Waals surface area contributed by atoms with Crippen molar-refractivity contribution in [2.45, 2.75) is 26.9 Å². The lowest BCUT2D eigenvalue weighted by molar-refractivity contribution is 0.0527. The molecule has 6 nitrogen and oxygen atoms in total. The zero-order valence-electron chi connectivity index (χ0n) is 21.1. The average Bonchev–Trinajstić information content (AvgIpc) is 2.89. The second-order valence-electron chi connectivity index (χ2n) is 7.62. The molecule has 0 saturated carbocycles. The smallest absolute Gasteiger partial charge is 0.340 e. The number of para-hydroxylation sites is 1. The third kappa shape index (κ3) is 8.44. The van der Waals surface area contributed by atoms with Crippen LogP contribution in [-0.4, -0.2) is 42.6 Å². The summed E-state index contributed by atoms with van der Waals surface area (Å²) in [6.45, 7) is 5.49. The molecule has 0 aromatic heterocycles. The first-order valence-corrected chi connectivity index (χ1v) is 12.5. The summed E-state index contributed by atoms with van der Waals surface area (Å²) in [6.07, 6.45) is 0. The summed E-state index contributed by atoms with van der Waals surface area (Å²) >= 11 is 1.64. The van der Waals surface area contributed by atoms with Crippen molar-refractivity contribution in [1.82, 2.24) is 4.90 Å². The molecule has 8 heteroatoms. The standard InChI is InChI=1S/C28H32N2O4S.HI/c1-5-34-27(31)25-9-7-8-10-26(25)29-28(35-6-2)30(19-21-11-15-23(32-3)16-12-21)20-22-13-17-24(33-4)18-14-22;/h7-18H,5-6,19-20H2,1-4H3;1H. The van der Waals surface area contributed by atoms with Gasteiger partial charge in [0.25, 0.3) is 0 Å². The molecule has 0 aliphatic heterocycles. The highest BCUT2D eigenvalue weighted by Crippen LogP contribution is 2.26. The highest BCUT2D eigenvalue weighted by molar-refractivity contribution is 14.0. The van der Waals surface area contributed by atoms with Crippen LogP contribution in [0.4, 0.5) is 5.69 Å². The van der Waals surface area contributed by atoms with E-state index < -0.39 is 0 Å². The predicted octanol–water partition coefficient (Wildman–Crippen LogP) is 6.94. The fraction of sp³-hybridized carbons (Fsp3) is 0.286. The minimum Gasteiger partial charge on any atom is -0.497 e. The van der Waals surface area contributed by atoms with Crippen LogP contribution in [-0.2, 0) is 17.8 Å². The molecule has 0 fully saturated rings. The molecule has 0 atom stereocenters. The van der Waals surface area contributed by atoms with Gasteiger partial charge in [-0.1, -0.05) is 55.1 Å². The van der Waals surface area contributed by atoms with E-state index in [-0.39, 0.29) is 29.9 Å². The van der Waals surface area contributed by atoms with Gasteiger partial charge in [-0.3, -0.25) is 0 Å². The molecule has 0 spiro atoms. The first-order valence-electron chi connectivity index (χ1n) is 11.6. The predicted molar refractivity (Wildman–Crippen MR) is 158 cm³/mol. The second kappa shape index (κ2) is 15.4. The summed E-state index contributed by atoms with van der Waals surface area (Å²) in [5, 5.41) is 0.830. The number of carbonyl (C=O) groups is 1. The van der Waals surface area contributed by atoms with E-state index in [1.165, 1.54) is 0 Å². The number of methoxy groups -OCH3 is 2. The van der Waals surface area contributed by atoms with Crippen LogP contribution in [0, 0.1) is 0 Å². The Bertz CT molecular complexity index is 1070.